The number of carbonyl (C=O) groups excluding carboxylic acids is 1. The highest BCUT2D eigenvalue weighted by molar-refractivity contribution is 7.18. The number of pyridine rings is 1. The van der Waals surface area contributed by atoms with Gasteiger partial charge >= 0.3 is 0 Å². The van der Waals surface area contributed by atoms with Crippen LogP contribution in [0.25, 0.3) is 38.2 Å². The van der Waals surface area contributed by atoms with Gasteiger partial charge in [0.05, 0.1) is 18.9 Å². The number of aryl methyl sites for hydroxylation is 1. The fourth-order valence-electron chi connectivity index (χ4n) is 6.63. The number of nitrogen functional groups attached to an aromatic ring is 1. The van der Waals surface area contributed by atoms with Gasteiger partial charge < -0.3 is 25.1 Å². The van der Waals surface area contributed by atoms with Gasteiger partial charge in [-0.25, -0.2) is 4.98 Å². The molecule has 2 aromatic carbocycles. The molecule has 0 unspecified atom stereocenters. The van der Waals surface area contributed by atoms with Crippen LogP contribution in [0, 0.1) is 0 Å². The summed E-state index contributed by atoms with van der Waals surface area (Å²) < 4.78 is 14.6. The Hall–Kier alpha value is -4.22. The van der Waals surface area contributed by atoms with Gasteiger partial charge in [-0.15, -0.1) is 11.3 Å². The number of rotatable bonds is 9. The number of carbonyl (C=O) groups is 1. The number of anilines is 2. The number of ether oxygens (including phenoxy) is 2. The molecule has 0 aliphatic carbocycles. The summed E-state index contributed by atoms with van der Waals surface area (Å²) >= 11 is 1.66. The molecule has 0 bridgehead atoms. The number of nitrogens with two attached hydrogens (primary N) is 1. The molecule has 5 aromatic rings. The summed E-state index contributed by atoms with van der Waals surface area (Å²) in [6.07, 6.45) is 9.07. The topological polar surface area (TPSA) is 97.9 Å². The molecule has 2 aliphatic heterocycles. The van der Waals surface area contributed by atoms with Crippen molar-refractivity contribution in [3.05, 3.63) is 77.4 Å². The van der Waals surface area contributed by atoms with Gasteiger partial charge in [0.25, 0.3) is 5.91 Å². The number of aromatic nitrogens is 2. The van der Waals surface area contributed by atoms with Gasteiger partial charge in [-0.2, -0.15) is 0 Å². The molecule has 2 saturated heterocycles. The van der Waals surface area contributed by atoms with E-state index in [1.807, 2.05) is 66.3 Å². The minimum atomic E-state index is -0.198. The van der Waals surface area contributed by atoms with Gasteiger partial charge in [-0.1, -0.05) is 36.4 Å². The zero-order valence-corrected chi connectivity index (χ0v) is 27.2. The van der Waals surface area contributed by atoms with E-state index in [1.54, 1.807) is 18.4 Å². The minimum Gasteiger partial charge on any atom is -0.495 e. The number of para-hydroxylation sites is 1. The number of nitrogens with zero attached hydrogens (tertiary/aromatic N) is 4. The van der Waals surface area contributed by atoms with Crippen LogP contribution in [-0.4, -0.2) is 84.3 Å². The maximum atomic E-state index is 13.3. The van der Waals surface area contributed by atoms with Gasteiger partial charge in [-0.3, -0.25) is 14.6 Å². The van der Waals surface area contributed by atoms with Crippen molar-refractivity contribution in [2.24, 2.45) is 7.05 Å². The number of hydrogen-bond donors (Lipinski definition) is 2. The third-order valence-electron chi connectivity index (χ3n) is 9.21. The van der Waals surface area contributed by atoms with E-state index >= 15 is 0 Å². The lowest BCUT2D eigenvalue weighted by Crippen LogP contribution is -2.48. The Kier molecular flexibility index (Phi) is 8.77. The highest BCUT2D eigenvalue weighted by atomic mass is 32.1. The van der Waals surface area contributed by atoms with Gasteiger partial charge in [0, 0.05) is 91.2 Å². The Morgan fingerprint density at radius 3 is 2.76 bits per heavy atom. The molecule has 46 heavy (non-hydrogen) atoms. The smallest absolute Gasteiger partial charge is 0.272 e. The van der Waals surface area contributed by atoms with E-state index in [0.29, 0.717) is 29.1 Å². The number of nitrogens with one attached hydrogen (secondary N) is 1. The molecule has 2 aliphatic rings. The minimum absolute atomic E-state index is 0.198. The Labute approximate surface area is 273 Å². The van der Waals surface area contributed by atoms with E-state index in [4.69, 9.17) is 15.2 Å². The Morgan fingerprint density at radius 2 is 1.98 bits per heavy atom. The first-order valence-corrected chi connectivity index (χ1v) is 16.8. The molecule has 3 aromatic heterocycles. The molecule has 1 amide bonds. The monoisotopic (exact) mass is 636 g/mol. The first-order valence-electron chi connectivity index (χ1n) is 15.9. The molecule has 7 rings (SSSR count). The summed E-state index contributed by atoms with van der Waals surface area (Å²) in [5.74, 6) is 0.872. The lowest BCUT2D eigenvalue weighted by atomic mass is 10.0. The molecule has 5 heterocycles. The first kappa shape index (κ1) is 30.4. The molecule has 3 N–H and O–H groups in total. The summed E-state index contributed by atoms with van der Waals surface area (Å²) in [5, 5.41) is 7.11. The van der Waals surface area contributed by atoms with E-state index in [-0.39, 0.29) is 5.91 Å². The molecule has 1 atom stereocenters. The number of thiophene rings is 1. The summed E-state index contributed by atoms with van der Waals surface area (Å²) in [6.45, 7) is 7.19. The van der Waals surface area contributed by atoms with Crippen LogP contribution in [-0.2, 0) is 11.8 Å². The zero-order valence-electron chi connectivity index (χ0n) is 26.4. The van der Waals surface area contributed by atoms with Crippen molar-refractivity contribution in [2.45, 2.75) is 18.9 Å². The summed E-state index contributed by atoms with van der Waals surface area (Å²) in [4.78, 5) is 22.9. The van der Waals surface area contributed by atoms with Gasteiger partial charge in [0.2, 0.25) is 0 Å². The molecule has 10 heteroatoms. The fourth-order valence-corrected chi connectivity index (χ4v) is 7.71. The lowest BCUT2D eigenvalue weighted by molar-refractivity contribution is 0.0527. The van der Waals surface area contributed by atoms with E-state index in [1.165, 1.54) is 12.8 Å². The van der Waals surface area contributed by atoms with E-state index in [0.717, 1.165) is 83.6 Å². The van der Waals surface area contributed by atoms with Crippen molar-refractivity contribution in [2.75, 3.05) is 64.0 Å². The second-order valence-corrected chi connectivity index (χ2v) is 13.0. The zero-order chi connectivity index (χ0) is 31.6. The number of benzene rings is 2. The number of amides is 1. The average molecular weight is 637 g/mol. The maximum Gasteiger partial charge on any atom is 0.272 e. The highest BCUT2D eigenvalue weighted by Crippen LogP contribution is 2.41. The van der Waals surface area contributed by atoms with Gasteiger partial charge in [-0.05, 0) is 48.1 Å². The average Bonchev–Trinajstić information content (AvgIpc) is 3.83. The van der Waals surface area contributed by atoms with Gasteiger partial charge in [0.15, 0.2) is 0 Å². The van der Waals surface area contributed by atoms with Crippen molar-refractivity contribution in [1.82, 2.24) is 19.4 Å². The molecule has 2 fully saturated rings. The molecule has 0 saturated carbocycles. The van der Waals surface area contributed by atoms with Crippen LogP contribution in [0.1, 0.15) is 28.9 Å². The maximum absolute atomic E-state index is 13.3. The Bertz CT molecular complexity index is 1900. The normalized spacial score (nSPS) is 17.8. The highest BCUT2D eigenvalue weighted by Gasteiger charge is 2.23. The second-order valence-electron chi connectivity index (χ2n) is 12.1. The third-order valence-corrected chi connectivity index (χ3v) is 10.2. The van der Waals surface area contributed by atoms with Crippen molar-refractivity contribution < 1.29 is 14.3 Å². The van der Waals surface area contributed by atoms with Crippen LogP contribution in [0.15, 0.2) is 66.2 Å². The van der Waals surface area contributed by atoms with Crippen LogP contribution in [0.3, 0.4) is 0 Å². The van der Waals surface area contributed by atoms with Crippen molar-refractivity contribution >= 4 is 55.8 Å². The van der Waals surface area contributed by atoms with Crippen LogP contribution in [0.4, 0.5) is 11.5 Å². The van der Waals surface area contributed by atoms with E-state index in [9.17, 15) is 4.79 Å². The Morgan fingerprint density at radius 1 is 1.15 bits per heavy atom. The molecular weight excluding hydrogens is 597 g/mol. The molecule has 238 valence electrons. The third kappa shape index (κ3) is 6.13. The number of fused-ring (bicyclic) bond motifs is 2. The fraction of sp³-hybridized carbons (Fsp3) is 0.333. The summed E-state index contributed by atoms with van der Waals surface area (Å²) in [6, 6.07) is 15.7. The van der Waals surface area contributed by atoms with E-state index < -0.39 is 0 Å². The predicted molar refractivity (Wildman–Crippen MR) is 188 cm³/mol. The summed E-state index contributed by atoms with van der Waals surface area (Å²) in [5.41, 5.74) is 11.6. The number of methoxy groups -OCH3 is 1. The molecular formula is C36H40N6O3S. The van der Waals surface area contributed by atoms with Crippen LogP contribution in [0.5, 0.6) is 5.75 Å². The van der Waals surface area contributed by atoms with Crippen molar-refractivity contribution in [3.8, 4) is 16.9 Å². The molecule has 9 nitrogen and oxygen atoms in total. The van der Waals surface area contributed by atoms with E-state index in [2.05, 4.69) is 37.6 Å². The van der Waals surface area contributed by atoms with Crippen molar-refractivity contribution in [3.63, 3.8) is 0 Å². The van der Waals surface area contributed by atoms with Crippen LogP contribution in [0.2, 0.25) is 0 Å². The number of piperazine rings is 1. The largest absolute Gasteiger partial charge is 0.495 e. The first-order chi connectivity index (χ1) is 22.5. The van der Waals surface area contributed by atoms with Gasteiger partial charge in [0.1, 0.15) is 17.3 Å². The Balaban J connectivity index is 1.05. The quantitative estimate of drug-likeness (QED) is 0.202. The van der Waals surface area contributed by atoms with Crippen LogP contribution < -0.4 is 15.8 Å². The number of hydrogen-bond acceptors (Lipinski definition) is 8. The summed E-state index contributed by atoms with van der Waals surface area (Å²) in [7, 11) is 3.51. The van der Waals surface area contributed by atoms with Crippen LogP contribution >= 0.6 is 11.3 Å². The second kappa shape index (κ2) is 13.3. The lowest BCUT2D eigenvalue weighted by Gasteiger charge is -2.35. The van der Waals surface area contributed by atoms with Crippen molar-refractivity contribution in [1.29, 1.82) is 0 Å². The molecule has 0 radical (unpaired) electrons. The standard InChI is InChI=1S/C36H40N6O3S/c1-40-30-10-4-3-7-25(30)19-31(40)36(43)39-29-12-11-24(20-32(29)44-2)28-23-46-34-26(21-38-35(37)33(28)34)8-5-13-41-14-16-42(17-15-41)22-27-9-6-18-45-27/h3-5,7-8,10-12,19-21,23,27H,6,9,13-18,22H2,1-2H3,(H2,37,38)(H,39,43)/b8-5+/t27-/m1/s1. The SMILES string of the molecule is COc1cc(-c2csc3c(/C=C/CN4CCN(C[C@H]5CCCO5)CC4)cnc(N)c23)ccc1NC(=O)c1cc2ccccc2n1C. The molecule has 0 spiro atoms. The predicted octanol–water partition coefficient (Wildman–Crippen LogP) is 6.11.